The van der Waals surface area contributed by atoms with Crippen molar-refractivity contribution in [3.8, 4) is 0 Å². The van der Waals surface area contributed by atoms with Crippen LogP contribution in [0, 0.1) is 41.7 Å². The van der Waals surface area contributed by atoms with Crippen molar-refractivity contribution < 1.29 is 52.0 Å². The molecule has 0 aliphatic heterocycles. The van der Waals surface area contributed by atoms with E-state index < -0.39 is 0 Å². The molecule has 0 aromatic heterocycles. The zero-order valence-electron chi connectivity index (χ0n) is 4.81. The molecule has 0 heterocycles. The van der Waals surface area contributed by atoms with E-state index >= 15 is 0 Å². The average Bonchev–Trinajstić information content (AvgIpc) is 1.39. The fourth-order valence-corrected chi connectivity index (χ4v) is 0. The Morgan fingerprint density at radius 1 is 1.00 bits per heavy atom. The van der Waals surface area contributed by atoms with Gasteiger partial charge in [0.1, 0.15) is 0 Å². The van der Waals surface area contributed by atoms with E-state index in [0.29, 0.717) is 0 Å². The van der Waals surface area contributed by atoms with Crippen LogP contribution in [0.4, 0.5) is 0 Å². The Morgan fingerprint density at radius 3 is 1.00 bits per heavy atom. The largest absolute Gasteiger partial charge is 0.397 e. The maximum absolute atomic E-state index is 7.57. The molecule has 0 unspecified atom stereocenters. The standard InChI is InChI=1S/2C2H6O.Ce/c2*1-2-3;/h2*3H,2H2,1H3;. The number of aliphatic hydroxyl groups is 2. The second-order valence-electron chi connectivity index (χ2n) is 0.632. The molecule has 2 N–H and O–H groups in total. The van der Waals surface area contributed by atoms with Crippen molar-refractivity contribution in [2.45, 2.75) is 13.8 Å². The molecule has 7 heavy (non-hydrogen) atoms. The van der Waals surface area contributed by atoms with E-state index in [9.17, 15) is 0 Å². The van der Waals surface area contributed by atoms with E-state index in [1.807, 2.05) is 0 Å². The van der Waals surface area contributed by atoms with Gasteiger partial charge in [-0.05, 0) is 13.8 Å². The zero-order chi connectivity index (χ0) is 5.41. The van der Waals surface area contributed by atoms with Crippen molar-refractivity contribution in [2.75, 3.05) is 13.2 Å². The van der Waals surface area contributed by atoms with Gasteiger partial charge in [0.25, 0.3) is 0 Å². The molecule has 0 aromatic carbocycles. The van der Waals surface area contributed by atoms with Crippen molar-refractivity contribution in [1.29, 1.82) is 0 Å². The van der Waals surface area contributed by atoms with E-state index in [1.165, 1.54) is 0 Å². The monoisotopic (exact) mass is 232 g/mol. The van der Waals surface area contributed by atoms with Gasteiger partial charge in [-0.3, -0.25) is 0 Å². The Labute approximate surface area is 78.3 Å². The van der Waals surface area contributed by atoms with Gasteiger partial charge in [0.05, 0.1) is 0 Å². The summed E-state index contributed by atoms with van der Waals surface area (Å²) in [5.41, 5.74) is 0. The van der Waals surface area contributed by atoms with Crippen LogP contribution in [0.5, 0.6) is 0 Å². The molecule has 0 amide bonds. The van der Waals surface area contributed by atoms with E-state index in [-0.39, 0.29) is 55.0 Å². The molecule has 0 aliphatic carbocycles. The third kappa shape index (κ3) is 122. The Kier molecular flexibility index (Phi) is 59.9. The SMILES string of the molecule is CCO.CCO.[Ce]. The van der Waals surface area contributed by atoms with Crippen LogP contribution in [0.25, 0.3) is 0 Å². The van der Waals surface area contributed by atoms with E-state index in [0.717, 1.165) is 0 Å². The molecular weight excluding hydrogens is 220 g/mol. The summed E-state index contributed by atoms with van der Waals surface area (Å²) in [4.78, 5) is 0. The molecule has 0 aliphatic rings. The molecule has 0 aromatic rings. The average molecular weight is 232 g/mol. The third-order valence-electron chi connectivity index (χ3n) is 0. The topological polar surface area (TPSA) is 40.5 Å². The quantitative estimate of drug-likeness (QED) is 0.617. The van der Waals surface area contributed by atoms with Crippen LogP contribution < -0.4 is 0 Å². The predicted octanol–water partition coefficient (Wildman–Crippen LogP) is -0.00280. The van der Waals surface area contributed by atoms with E-state index in [1.54, 1.807) is 13.8 Å². The second kappa shape index (κ2) is 26.6. The number of rotatable bonds is 0. The molecule has 0 saturated heterocycles. The zero-order valence-corrected chi connectivity index (χ0v) is 7.95. The van der Waals surface area contributed by atoms with Crippen LogP contribution in [0.3, 0.4) is 0 Å². The van der Waals surface area contributed by atoms with Crippen LogP contribution in [0.2, 0.25) is 0 Å². The van der Waals surface area contributed by atoms with E-state index in [2.05, 4.69) is 0 Å². The minimum Gasteiger partial charge on any atom is -0.397 e. The summed E-state index contributed by atoms with van der Waals surface area (Å²) in [5.74, 6) is 0. The number of hydrogen-bond acceptors (Lipinski definition) is 2. The van der Waals surface area contributed by atoms with Gasteiger partial charge in [0, 0.05) is 55.0 Å². The van der Waals surface area contributed by atoms with Gasteiger partial charge in [-0.25, -0.2) is 0 Å². The van der Waals surface area contributed by atoms with Crippen LogP contribution in [0.15, 0.2) is 0 Å². The summed E-state index contributed by atoms with van der Waals surface area (Å²) in [6.45, 7) is 3.86. The van der Waals surface area contributed by atoms with Crippen LogP contribution in [0.1, 0.15) is 13.8 Å². The van der Waals surface area contributed by atoms with Gasteiger partial charge in [-0.1, -0.05) is 0 Å². The first kappa shape index (κ1) is 15.7. The fourth-order valence-electron chi connectivity index (χ4n) is 0. The predicted molar refractivity (Wildman–Crippen MR) is 25.5 cm³/mol. The van der Waals surface area contributed by atoms with E-state index in [4.69, 9.17) is 10.2 Å². The van der Waals surface area contributed by atoms with Crippen molar-refractivity contribution in [1.82, 2.24) is 0 Å². The number of hydrogen-bond donors (Lipinski definition) is 2. The minimum atomic E-state index is 0. The molecule has 0 bridgehead atoms. The summed E-state index contributed by atoms with van der Waals surface area (Å²) in [6.07, 6.45) is 0. The third-order valence-corrected chi connectivity index (χ3v) is 0. The first-order valence-electron chi connectivity index (χ1n) is 2.05. The molecule has 3 heteroatoms. The second-order valence-corrected chi connectivity index (χ2v) is 0.632. The van der Waals surface area contributed by atoms with Crippen LogP contribution >= 0.6 is 0 Å². The minimum absolute atomic E-state index is 0. The maximum atomic E-state index is 7.57. The molecule has 0 fully saturated rings. The van der Waals surface area contributed by atoms with Gasteiger partial charge < -0.3 is 10.2 Å². The van der Waals surface area contributed by atoms with Crippen molar-refractivity contribution >= 4 is 0 Å². The smallest absolute Gasteiger partial charge is 0.0402 e. The summed E-state index contributed by atoms with van der Waals surface area (Å²) in [6, 6.07) is 0. The maximum Gasteiger partial charge on any atom is 0.0402 e. The Morgan fingerprint density at radius 2 is 1.00 bits per heavy atom. The van der Waals surface area contributed by atoms with Gasteiger partial charge in [0.15, 0.2) is 0 Å². The Balaban J connectivity index is -0.0000000400. The van der Waals surface area contributed by atoms with Gasteiger partial charge in [0.2, 0.25) is 0 Å². The normalized spacial score (nSPS) is 5.14. The van der Waals surface area contributed by atoms with Gasteiger partial charge in [-0.15, -0.1) is 0 Å². The number of aliphatic hydroxyl groups excluding tert-OH is 2. The molecule has 0 spiro atoms. The fraction of sp³-hybridized carbons (Fsp3) is 1.00. The van der Waals surface area contributed by atoms with Gasteiger partial charge in [-0.2, -0.15) is 0 Å². The molecule has 44 valence electrons. The van der Waals surface area contributed by atoms with Crippen molar-refractivity contribution in [3.05, 3.63) is 0 Å². The molecule has 0 radical (unpaired) electrons. The molecule has 0 atom stereocenters. The summed E-state index contributed by atoms with van der Waals surface area (Å²) < 4.78 is 0. The van der Waals surface area contributed by atoms with Crippen LogP contribution in [-0.4, -0.2) is 23.4 Å². The molecule has 0 rings (SSSR count). The first-order chi connectivity index (χ1) is 2.83. The molecule has 2 nitrogen and oxygen atoms in total. The summed E-state index contributed by atoms with van der Waals surface area (Å²) >= 11 is 0. The van der Waals surface area contributed by atoms with Gasteiger partial charge >= 0.3 is 0 Å². The van der Waals surface area contributed by atoms with Crippen molar-refractivity contribution in [2.24, 2.45) is 0 Å². The summed E-state index contributed by atoms with van der Waals surface area (Å²) in [7, 11) is 0. The Hall–Kier alpha value is 1.30. The molecule has 0 saturated carbocycles. The molecular formula is C4H12CeO2. The Bertz CT molecular complexity index is 11.7. The van der Waals surface area contributed by atoms with Crippen LogP contribution in [-0.2, 0) is 0 Å². The summed E-state index contributed by atoms with van der Waals surface area (Å²) in [5, 5.41) is 15.1. The van der Waals surface area contributed by atoms with Crippen molar-refractivity contribution in [3.63, 3.8) is 0 Å². The first-order valence-corrected chi connectivity index (χ1v) is 2.05.